The van der Waals surface area contributed by atoms with E-state index in [1.54, 1.807) is 0 Å². The first-order chi connectivity index (χ1) is 7.61. The summed E-state index contributed by atoms with van der Waals surface area (Å²) >= 11 is 12.1. The van der Waals surface area contributed by atoms with Crippen LogP contribution in [0.15, 0.2) is 18.2 Å². The van der Waals surface area contributed by atoms with Crippen molar-refractivity contribution in [3.8, 4) is 0 Å². The molecule has 0 amide bonds. The minimum absolute atomic E-state index is 0.648. The molecular weight excluding hydrogens is 241 g/mol. The average molecular weight is 260 g/mol. The monoisotopic (exact) mass is 259 g/mol. The highest BCUT2D eigenvalue weighted by Gasteiger charge is 2.03. The lowest BCUT2D eigenvalue weighted by molar-refractivity contribution is 0.543. The number of aryl methyl sites for hydroxylation is 1. The molecule has 0 heterocycles. The molecule has 1 N–H and O–H groups in total. The SMILES string of the molecule is CC(C)CNCCCc1cccc(Cl)c1Cl. The Morgan fingerprint density at radius 1 is 1.25 bits per heavy atom. The molecule has 1 rings (SSSR count). The van der Waals surface area contributed by atoms with E-state index in [2.05, 4.69) is 19.2 Å². The van der Waals surface area contributed by atoms with Crippen LogP contribution in [0.5, 0.6) is 0 Å². The summed E-state index contributed by atoms with van der Waals surface area (Å²) in [5, 5.41) is 4.76. The summed E-state index contributed by atoms with van der Waals surface area (Å²) in [4.78, 5) is 0. The molecule has 0 spiro atoms. The Bertz CT molecular complexity index is 324. The van der Waals surface area contributed by atoms with E-state index in [1.807, 2.05) is 18.2 Å². The smallest absolute Gasteiger partial charge is 0.0624 e. The van der Waals surface area contributed by atoms with Gasteiger partial charge in [0.2, 0.25) is 0 Å². The maximum atomic E-state index is 6.10. The van der Waals surface area contributed by atoms with Gasteiger partial charge in [-0.15, -0.1) is 0 Å². The second-order valence-corrected chi connectivity index (χ2v) is 5.20. The van der Waals surface area contributed by atoms with E-state index in [-0.39, 0.29) is 0 Å². The van der Waals surface area contributed by atoms with Crippen LogP contribution in [0.4, 0.5) is 0 Å². The molecule has 0 atom stereocenters. The fourth-order valence-electron chi connectivity index (χ4n) is 1.54. The third-order valence-corrected chi connectivity index (χ3v) is 3.24. The number of halogens is 2. The quantitative estimate of drug-likeness (QED) is 0.757. The summed E-state index contributed by atoms with van der Waals surface area (Å²) in [6.45, 7) is 6.52. The van der Waals surface area contributed by atoms with Crippen LogP contribution >= 0.6 is 23.2 Å². The maximum Gasteiger partial charge on any atom is 0.0624 e. The zero-order valence-corrected chi connectivity index (χ0v) is 11.4. The minimum atomic E-state index is 0.648. The molecule has 0 radical (unpaired) electrons. The number of nitrogens with one attached hydrogen (secondary N) is 1. The first-order valence-electron chi connectivity index (χ1n) is 5.75. The molecule has 0 aliphatic heterocycles. The zero-order chi connectivity index (χ0) is 12.0. The Labute approximate surface area is 108 Å². The molecular formula is C13H19Cl2N. The Morgan fingerprint density at radius 2 is 2.00 bits per heavy atom. The van der Waals surface area contributed by atoms with Crippen molar-refractivity contribution < 1.29 is 0 Å². The van der Waals surface area contributed by atoms with Crippen LogP contribution in [-0.2, 0) is 6.42 Å². The number of benzene rings is 1. The van der Waals surface area contributed by atoms with Crippen LogP contribution in [0.2, 0.25) is 10.0 Å². The second-order valence-electron chi connectivity index (χ2n) is 4.41. The zero-order valence-electron chi connectivity index (χ0n) is 9.89. The lowest BCUT2D eigenvalue weighted by Crippen LogP contribution is -2.21. The van der Waals surface area contributed by atoms with E-state index in [0.29, 0.717) is 16.0 Å². The van der Waals surface area contributed by atoms with E-state index in [4.69, 9.17) is 23.2 Å². The van der Waals surface area contributed by atoms with Gasteiger partial charge in [0.1, 0.15) is 0 Å². The Hall–Kier alpha value is -0.240. The van der Waals surface area contributed by atoms with E-state index in [1.165, 1.54) is 0 Å². The summed E-state index contributed by atoms with van der Waals surface area (Å²) in [7, 11) is 0. The molecule has 0 bridgehead atoms. The van der Waals surface area contributed by atoms with Crippen molar-refractivity contribution in [3.63, 3.8) is 0 Å². The van der Waals surface area contributed by atoms with Gasteiger partial charge in [0.15, 0.2) is 0 Å². The normalized spacial score (nSPS) is 11.1. The largest absolute Gasteiger partial charge is 0.316 e. The molecule has 0 saturated carbocycles. The van der Waals surface area contributed by atoms with Crippen LogP contribution in [0.1, 0.15) is 25.8 Å². The van der Waals surface area contributed by atoms with Crippen LogP contribution in [0.25, 0.3) is 0 Å². The third-order valence-electron chi connectivity index (χ3n) is 2.38. The van der Waals surface area contributed by atoms with Gasteiger partial charge in [-0.2, -0.15) is 0 Å². The summed E-state index contributed by atoms with van der Waals surface area (Å²) in [6, 6.07) is 5.81. The minimum Gasteiger partial charge on any atom is -0.316 e. The van der Waals surface area contributed by atoms with E-state index < -0.39 is 0 Å². The molecule has 0 fully saturated rings. The van der Waals surface area contributed by atoms with Crippen molar-refractivity contribution in [2.24, 2.45) is 5.92 Å². The van der Waals surface area contributed by atoms with Crippen molar-refractivity contribution in [2.75, 3.05) is 13.1 Å². The van der Waals surface area contributed by atoms with Gasteiger partial charge in [0.05, 0.1) is 10.0 Å². The molecule has 0 aliphatic carbocycles. The highest BCUT2D eigenvalue weighted by atomic mass is 35.5. The molecule has 1 aromatic rings. The Balaban J connectivity index is 2.29. The number of hydrogen-bond donors (Lipinski definition) is 1. The standard InChI is InChI=1S/C13H19Cl2N/c1-10(2)9-16-8-4-6-11-5-3-7-12(14)13(11)15/h3,5,7,10,16H,4,6,8-9H2,1-2H3. The second kappa shape index (κ2) is 7.16. The van der Waals surface area contributed by atoms with Gasteiger partial charge in [-0.1, -0.05) is 49.2 Å². The average Bonchev–Trinajstić information content (AvgIpc) is 2.23. The van der Waals surface area contributed by atoms with Gasteiger partial charge >= 0.3 is 0 Å². The van der Waals surface area contributed by atoms with Crippen molar-refractivity contribution in [1.29, 1.82) is 0 Å². The van der Waals surface area contributed by atoms with Crippen LogP contribution in [0.3, 0.4) is 0 Å². The fraction of sp³-hybridized carbons (Fsp3) is 0.538. The number of hydrogen-bond acceptors (Lipinski definition) is 1. The molecule has 0 aliphatic rings. The van der Waals surface area contributed by atoms with Crippen molar-refractivity contribution in [1.82, 2.24) is 5.32 Å². The van der Waals surface area contributed by atoms with Gasteiger partial charge in [-0.25, -0.2) is 0 Å². The predicted molar refractivity (Wildman–Crippen MR) is 72.5 cm³/mol. The first kappa shape index (κ1) is 13.8. The van der Waals surface area contributed by atoms with E-state index >= 15 is 0 Å². The summed E-state index contributed by atoms with van der Waals surface area (Å²) in [6.07, 6.45) is 2.07. The fourth-order valence-corrected chi connectivity index (χ4v) is 1.95. The van der Waals surface area contributed by atoms with Gasteiger partial charge < -0.3 is 5.32 Å². The molecule has 0 saturated heterocycles. The Morgan fingerprint density at radius 3 is 2.69 bits per heavy atom. The lowest BCUT2D eigenvalue weighted by Gasteiger charge is -2.08. The lowest BCUT2D eigenvalue weighted by atomic mass is 10.1. The topological polar surface area (TPSA) is 12.0 Å². The molecule has 3 heteroatoms. The Kier molecular flexibility index (Phi) is 6.18. The third kappa shape index (κ3) is 4.73. The highest BCUT2D eigenvalue weighted by Crippen LogP contribution is 2.26. The first-order valence-corrected chi connectivity index (χ1v) is 6.50. The molecule has 1 aromatic carbocycles. The van der Waals surface area contributed by atoms with Crippen LogP contribution in [0, 0.1) is 5.92 Å². The van der Waals surface area contributed by atoms with Gasteiger partial charge in [0.25, 0.3) is 0 Å². The van der Waals surface area contributed by atoms with Gasteiger partial charge in [0, 0.05) is 0 Å². The maximum absolute atomic E-state index is 6.10. The molecule has 0 unspecified atom stereocenters. The molecule has 90 valence electrons. The predicted octanol–water partition coefficient (Wildman–Crippen LogP) is 4.17. The molecule has 0 aromatic heterocycles. The van der Waals surface area contributed by atoms with Crippen molar-refractivity contribution >= 4 is 23.2 Å². The molecule has 16 heavy (non-hydrogen) atoms. The highest BCUT2D eigenvalue weighted by molar-refractivity contribution is 6.42. The van der Waals surface area contributed by atoms with Gasteiger partial charge in [-0.05, 0) is 43.5 Å². The van der Waals surface area contributed by atoms with Crippen molar-refractivity contribution in [2.45, 2.75) is 26.7 Å². The van der Waals surface area contributed by atoms with Crippen LogP contribution < -0.4 is 5.32 Å². The molecule has 1 nitrogen and oxygen atoms in total. The van der Waals surface area contributed by atoms with Crippen LogP contribution in [-0.4, -0.2) is 13.1 Å². The van der Waals surface area contributed by atoms with Crippen molar-refractivity contribution in [3.05, 3.63) is 33.8 Å². The number of rotatable bonds is 6. The summed E-state index contributed by atoms with van der Waals surface area (Å²) in [5.74, 6) is 0.703. The van der Waals surface area contributed by atoms with Gasteiger partial charge in [-0.3, -0.25) is 0 Å². The van der Waals surface area contributed by atoms with E-state index in [9.17, 15) is 0 Å². The summed E-state index contributed by atoms with van der Waals surface area (Å²) in [5.41, 5.74) is 1.14. The summed E-state index contributed by atoms with van der Waals surface area (Å²) < 4.78 is 0. The van der Waals surface area contributed by atoms with E-state index in [0.717, 1.165) is 31.5 Å².